The molecule has 0 radical (unpaired) electrons. The van der Waals surface area contributed by atoms with Crippen LogP contribution in [0.2, 0.25) is 5.28 Å². The molecule has 0 amide bonds. The summed E-state index contributed by atoms with van der Waals surface area (Å²) in [6.07, 6.45) is 1.78. The summed E-state index contributed by atoms with van der Waals surface area (Å²) < 4.78 is 0. The molecule has 0 bridgehead atoms. The van der Waals surface area contributed by atoms with Crippen LogP contribution in [0.1, 0.15) is 5.69 Å². The molecule has 0 unspecified atom stereocenters. The fourth-order valence-corrected chi connectivity index (χ4v) is 1.93. The number of aryl methyl sites for hydroxylation is 1. The monoisotopic (exact) mass is 259 g/mol. The van der Waals surface area contributed by atoms with Gasteiger partial charge in [-0.15, -0.1) is 0 Å². The number of halogens is 1. The molecule has 5 nitrogen and oxygen atoms in total. The molecule has 0 saturated heterocycles. The molecule has 0 aliphatic carbocycles. The molecule has 2 heterocycles. The number of fused-ring (bicyclic) bond motifs is 1. The van der Waals surface area contributed by atoms with E-state index < -0.39 is 0 Å². The van der Waals surface area contributed by atoms with Crippen LogP contribution in [0.5, 0.6) is 0 Å². The van der Waals surface area contributed by atoms with E-state index in [9.17, 15) is 0 Å². The van der Waals surface area contributed by atoms with Gasteiger partial charge in [0, 0.05) is 11.6 Å². The standard InChI is InChI=1S/C12H10ClN5/c1-7-10(6-14-18-7)15-11-8-4-2-3-5-9(8)16-12(13)17-11/h2-6H,1H3,(H,14,18)(H,15,16,17). The minimum atomic E-state index is 0.220. The number of benzene rings is 1. The number of hydrogen-bond acceptors (Lipinski definition) is 4. The van der Waals surface area contributed by atoms with Crippen LogP contribution in [0.15, 0.2) is 30.5 Å². The van der Waals surface area contributed by atoms with Gasteiger partial charge in [0.05, 0.1) is 16.9 Å². The molecular formula is C12H10ClN5. The fourth-order valence-electron chi connectivity index (χ4n) is 1.76. The summed E-state index contributed by atoms with van der Waals surface area (Å²) >= 11 is 5.92. The Morgan fingerprint density at radius 2 is 2.06 bits per heavy atom. The number of aromatic nitrogens is 4. The van der Waals surface area contributed by atoms with Crippen LogP contribution >= 0.6 is 11.6 Å². The summed E-state index contributed by atoms with van der Waals surface area (Å²) in [5, 5.41) is 11.2. The number of hydrogen-bond donors (Lipinski definition) is 2. The van der Waals surface area contributed by atoms with E-state index in [0.717, 1.165) is 22.3 Å². The first-order valence-electron chi connectivity index (χ1n) is 5.44. The van der Waals surface area contributed by atoms with Crippen LogP contribution in [0, 0.1) is 6.92 Å². The molecule has 0 aliphatic heterocycles. The minimum Gasteiger partial charge on any atom is -0.337 e. The SMILES string of the molecule is Cc1n[nH]cc1Nc1nc(Cl)nc2ccccc12. The van der Waals surface area contributed by atoms with E-state index in [-0.39, 0.29) is 5.28 Å². The Morgan fingerprint density at radius 3 is 2.83 bits per heavy atom. The van der Waals surface area contributed by atoms with Gasteiger partial charge in [0.15, 0.2) is 0 Å². The minimum absolute atomic E-state index is 0.220. The van der Waals surface area contributed by atoms with E-state index in [2.05, 4.69) is 25.5 Å². The van der Waals surface area contributed by atoms with Gasteiger partial charge >= 0.3 is 0 Å². The molecule has 2 N–H and O–H groups in total. The van der Waals surface area contributed by atoms with Gasteiger partial charge in [-0.2, -0.15) is 10.1 Å². The molecule has 0 fully saturated rings. The highest BCUT2D eigenvalue weighted by Gasteiger charge is 2.08. The molecule has 0 saturated carbocycles. The molecule has 0 atom stereocenters. The summed E-state index contributed by atoms with van der Waals surface area (Å²) in [5.74, 6) is 0.676. The van der Waals surface area contributed by atoms with Crippen molar-refractivity contribution in [2.24, 2.45) is 0 Å². The Bertz CT molecular complexity index is 707. The van der Waals surface area contributed by atoms with E-state index in [0.29, 0.717) is 5.82 Å². The summed E-state index contributed by atoms with van der Waals surface area (Å²) in [4.78, 5) is 8.40. The maximum Gasteiger partial charge on any atom is 0.224 e. The van der Waals surface area contributed by atoms with Crippen molar-refractivity contribution in [2.45, 2.75) is 6.92 Å². The summed E-state index contributed by atoms with van der Waals surface area (Å²) in [6, 6.07) is 7.70. The lowest BCUT2D eigenvalue weighted by atomic mass is 10.2. The maximum atomic E-state index is 5.92. The Labute approximate surface area is 108 Å². The predicted molar refractivity (Wildman–Crippen MR) is 71.2 cm³/mol. The van der Waals surface area contributed by atoms with E-state index in [4.69, 9.17) is 11.6 Å². The molecule has 0 spiro atoms. The number of anilines is 2. The normalized spacial score (nSPS) is 10.8. The highest BCUT2D eigenvalue weighted by Crippen LogP contribution is 2.25. The van der Waals surface area contributed by atoms with Crippen molar-refractivity contribution in [3.63, 3.8) is 0 Å². The Morgan fingerprint density at radius 1 is 1.22 bits per heavy atom. The molecule has 90 valence electrons. The van der Waals surface area contributed by atoms with E-state index >= 15 is 0 Å². The average molecular weight is 260 g/mol. The van der Waals surface area contributed by atoms with Gasteiger partial charge in [-0.1, -0.05) is 12.1 Å². The number of nitrogens with one attached hydrogen (secondary N) is 2. The van der Waals surface area contributed by atoms with E-state index in [1.165, 1.54) is 0 Å². The molecule has 1 aromatic carbocycles. The Kier molecular flexibility index (Phi) is 2.60. The number of para-hydroxylation sites is 1. The van der Waals surface area contributed by atoms with Gasteiger partial charge in [-0.3, -0.25) is 5.10 Å². The third-order valence-corrected chi connectivity index (χ3v) is 2.83. The third kappa shape index (κ3) is 1.89. The van der Waals surface area contributed by atoms with Crippen LogP contribution in [0.25, 0.3) is 10.9 Å². The van der Waals surface area contributed by atoms with Crippen LogP contribution < -0.4 is 5.32 Å². The summed E-state index contributed by atoms with van der Waals surface area (Å²) in [7, 11) is 0. The molecule has 2 aromatic heterocycles. The van der Waals surface area contributed by atoms with Gasteiger partial charge in [0.2, 0.25) is 5.28 Å². The molecule has 18 heavy (non-hydrogen) atoms. The second-order valence-corrected chi connectivity index (χ2v) is 4.21. The smallest absolute Gasteiger partial charge is 0.224 e. The van der Waals surface area contributed by atoms with Crippen molar-refractivity contribution in [3.8, 4) is 0 Å². The lowest BCUT2D eigenvalue weighted by molar-refractivity contribution is 1.05. The molecular weight excluding hydrogens is 250 g/mol. The van der Waals surface area contributed by atoms with E-state index in [1.54, 1.807) is 6.20 Å². The van der Waals surface area contributed by atoms with E-state index in [1.807, 2.05) is 31.2 Å². The van der Waals surface area contributed by atoms with Crippen LogP contribution in [-0.4, -0.2) is 20.2 Å². The van der Waals surface area contributed by atoms with Crippen LogP contribution in [0.3, 0.4) is 0 Å². The molecule has 0 aliphatic rings. The zero-order valence-corrected chi connectivity index (χ0v) is 10.4. The Balaban J connectivity index is 2.14. The van der Waals surface area contributed by atoms with Gasteiger partial charge in [0.25, 0.3) is 0 Å². The van der Waals surface area contributed by atoms with Crippen molar-refractivity contribution < 1.29 is 0 Å². The summed E-state index contributed by atoms with van der Waals surface area (Å²) in [5.41, 5.74) is 2.55. The second kappa shape index (κ2) is 4.27. The third-order valence-electron chi connectivity index (χ3n) is 2.66. The quantitative estimate of drug-likeness (QED) is 0.694. The first-order chi connectivity index (χ1) is 8.74. The lowest BCUT2D eigenvalue weighted by Gasteiger charge is -2.07. The topological polar surface area (TPSA) is 66.5 Å². The number of aromatic amines is 1. The van der Waals surface area contributed by atoms with Crippen molar-refractivity contribution in [3.05, 3.63) is 41.4 Å². The first-order valence-corrected chi connectivity index (χ1v) is 5.81. The van der Waals surface area contributed by atoms with Gasteiger partial charge in [0.1, 0.15) is 5.82 Å². The van der Waals surface area contributed by atoms with Gasteiger partial charge in [-0.05, 0) is 30.7 Å². The van der Waals surface area contributed by atoms with Gasteiger partial charge in [-0.25, -0.2) is 4.98 Å². The number of H-pyrrole nitrogens is 1. The largest absolute Gasteiger partial charge is 0.337 e. The highest BCUT2D eigenvalue weighted by molar-refractivity contribution is 6.28. The lowest BCUT2D eigenvalue weighted by Crippen LogP contribution is -1.97. The van der Waals surface area contributed by atoms with Crippen LogP contribution in [-0.2, 0) is 0 Å². The zero-order valence-electron chi connectivity index (χ0n) is 9.61. The van der Waals surface area contributed by atoms with Crippen molar-refractivity contribution in [1.82, 2.24) is 20.2 Å². The second-order valence-electron chi connectivity index (χ2n) is 3.87. The molecule has 3 aromatic rings. The fraction of sp³-hybridized carbons (Fsp3) is 0.0833. The van der Waals surface area contributed by atoms with Crippen molar-refractivity contribution in [1.29, 1.82) is 0 Å². The number of rotatable bonds is 2. The molecule has 3 rings (SSSR count). The van der Waals surface area contributed by atoms with Crippen molar-refractivity contribution >= 4 is 34.0 Å². The van der Waals surface area contributed by atoms with Crippen molar-refractivity contribution in [2.75, 3.05) is 5.32 Å². The van der Waals surface area contributed by atoms with Gasteiger partial charge < -0.3 is 5.32 Å². The predicted octanol–water partition coefficient (Wildman–Crippen LogP) is 3.06. The number of nitrogens with zero attached hydrogens (tertiary/aromatic N) is 3. The average Bonchev–Trinajstić information content (AvgIpc) is 2.75. The van der Waals surface area contributed by atoms with Crippen LogP contribution in [0.4, 0.5) is 11.5 Å². The zero-order chi connectivity index (χ0) is 12.5. The summed E-state index contributed by atoms with van der Waals surface area (Å²) in [6.45, 7) is 1.91. The maximum absolute atomic E-state index is 5.92. The first kappa shape index (κ1) is 11.0. The highest BCUT2D eigenvalue weighted by atomic mass is 35.5. The molecule has 6 heteroatoms. The Hall–Kier alpha value is -2.14.